The first-order valence-electron chi connectivity index (χ1n) is 5.22. The highest BCUT2D eigenvalue weighted by atomic mass is 16.1. The van der Waals surface area contributed by atoms with E-state index in [1.165, 1.54) is 0 Å². The predicted octanol–water partition coefficient (Wildman–Crippen LogP) is 1.07. The van der Waals surface area contributed by atoms with Crippen LogP contribution in [-0.4, -0.2) is 27.9 Å². The molecule has 0 aromatic carbocycles. The van der Waals surface area contributed by atoms with Gasteiger partial charge in [0, 0.05) is 12.2 Å². The van der Waals surface area contributed by atoms with Crippen molar-refractivity contribution in [2.75, 3.05) is 6.54 Å². The van der Waals surface area contributed by atoms with E-state index in [-0.39, 0.29) is 0 Å². The van der Waals surface area contributed by atoms with E-state index in [1.807, 2.05) is 32.3 Å². The molecule has 1 rings (SSSR count). The highest BCUT2D eigenvalue weighted by molar-refractivity contribution is 5.63. The third kappa shape index (κ3) is 2.65. The maximum absolute atomic E-state index is 11.0. The number of rotatable bonds is 5. The molecule has 0 bridgehead atoms. The molecule has 0 aliphatic carbocycles. The van der Waals surface area contributed by atoms with Crippen molar-refractivity contribution in [1.82, 2.24) is 14.9 Å². The van der Waals surface area contributed by atoms with E-state index in [1.54, 1.807) is 6.33 Å². The van der Waals surface area contributed by atoms with Crippen molar-refractivity contribution in [3.63, 3.8) is 0 Å². The second-order valence-corrected chi connectivity index (χ2v) is 4.11. The van der Waals surface area contributed by atoms with Gasteiger partial charge in [-0.1, -0.05) is 6.92 Å². The highest BCUT2D eigenvalue weighted by Gasteiger charge is 2.23. The average molecular weight is 209 g/mol. The average Bonchev–Trinajstić information content (AvgIpc) is 2.50. The van der Waals surface area contributed by atoms with Crippen LogP contribution < -0.4 is 5.32 Å². The normalized spacial score (nSPS) is 14.9. The summed E-state index contributed by atoms with van der Waals surface area (Å²) in [7, 11) is 0. The monoisotopic (exact) mass is 209 g/mol. The summed E-state index contributed by atoms with van der Waals surface area (Å²) in [4.78, 5) is 15.3. The Labute approximate surface area is 90.7 Å². The number of aromatic nitrogens is 2. The first kappa shape index (κ1) is 11.9. The van der Waals surface area contributed by atoms with Gasteiger partial charge in [-0.05, 0) is 27.3 Å². The van der Waals surface area contributed by atoms with Crippen molar-refractivity contribution in [1.29, 1.82) is 0 Å². The van der Waals surface area contributed by atoms with Gasteiger partial charge in [0.05, 0.1) is 17.6 Å². The number of carbonyl (C=O) groups excluding carboxylic acids is 1. The second-order valence-electron chi connectivity index (χ2n) is 4.11. The van der Waals surface area contributed by atoms with Crippen molar-refractivity contribution in [2.24, 2.45) is 0 Å². The van der Waals surface area contributed by atoms with Gasteiger partial charge < -0.3 is 14.7 Å². The zero-order valence-corrected chi connectivity index (χ0v) is 9.87. The van der Waals surface area contributed by atoms with Gasteiger partial charge in [-0.15, -0.1) is 0 Å². The fourth-order valence-electron chi connectivity index (χ4n) is 1.60. The van der Waals surface area contributed by atoms with Crippen LogP contribution in [0.4, 0.5) is 0 Å². The lowest BCUT2D eigenvalue weighted by Crippen LogP contribution is -2.47. The molecule has 0 saturated carbocycles. The molecule has 0 spiro atoms. The minimum Gasteiger partial charge on any atom is -0.332 e. The Morgan fingerprint density at radius 2 is 2.27 bits per heavy atom. The smallest absolute Gasteiger partial charge is 0.141 e. The summed E-state index contributed by atoms with van der Waals surface area (Å²) in [5.74, 6) is 0. The summed E-state index contributed by atoms with van der Waals surface area (Å²) in [6.07, 6.45) is 2.75. The molecule has 1 heterocycles. The summed E-state index contributed by atoms with van der Waals surface area (Å²) in [5, 5.41) is 3.18. The Morgan fingerprint density at radius 3 is 2.67 bits per heavy atom. The van der Waals surface area contributed by atoms with E-state index in [0.717, 1.165) is 24.2 Å². The maximum atomic E-state index is 11.0. The van der Waals surface area contributed by atoms with Crippen LogP contribution in [0.1, 0.15) is 25.2 Å². The fourth-order valence-corrected chi connectivity index (χ4v) is 1.60. The zero-order chi connectivity index (χ0) is 11.5. The standard InChI is InChI=1S/C11H19N3O/c1-5-13-11(4,7-15)6-14-8-12-9(2)10(14)3/h7-8,13H,5-6H2,1-4H3. The number of aldehydes is 1. The molecule has 84 valence electrons. The minimum atomic E-state index is -0.507. The number of hydrogen-bond donors (Lipinski definition) is 1. The molecule has 15 heavy (non-hydrogen) atoms. The molecular weight excluding hydrogens is 190 g/mol. The van der Waals surface area contributed by atoms with Gasteiger partial charge in [0.1, 0.15) is 6.29 Å². The van der Waals surface area contributed by atoms with E-state index in [0.29, 0.717) is 6.54 Å². The Morgan fingerprint density at radius 1 is 1.60 bits per heavy atom. The summed E-state index contributed by atoms with van der Waals surface area (Å²) in [6, 6.07) is 0. The van der Waals surface area contributed by atoms with Crippen LogP contribution in [-0.2, 0) is 11.3 Å². The van der Waals surface area contributed by atoms with Crippen LogP contribution >= 0.6 is 0 Å². The van der Waals surface area contributed by atoms with Gasteiger partial charge in [-0.25, -0.2) is 4.98 Å². The first-order valence-corrected chi connectivity index (χ1v) is 5.22. The lowest BCUT2D eigenvalue weighted by molar-refractivity contribution is -0.113. The van der Waals surface area contributed by atoms with E-state index in [2.05, 4.69) is 10.3 Å². The molecule has 1 N–H and O–H groups in total. The molecule has 0 fully saturated rings. The highest BCUT2D eigenvalue weighted by Crippen LogP contribution is 2.10. The van der Waals surface area contributed by atoms with Crippen LogP contribution in [0.3, 0.4) is 0 Å². The van der Waals surface area contributed by atoms with Gasteiger partial charge in [0.25, 0.3) is 0 Å². The lowest BCUT2D eigenvalue weighted by Gasteiger charge is -2.25. The topological polar surface area (TPSA) is 46.9 Å². The Hall–Kier alpha value is -1.16. The summed E-state index contributed by atoms with van der Waals surface area (Å²) >= 11 is 0. The summed E-state index contributed by atoms with van der Waals surface area (Å²) in [6.45, 7) is 9.28. The number of likely N-dealkylation sites (N-methyl/N-ethyl adjacent to an activating group) is 1. The quantitative estimate of drug-likeness (QED) is 0.738. The molecule has 4 nitrogen and oxygen atoms in total. The molecule has 0 saturated heterocycles. The number of imidazole rings is 1. The third-order valence-electron chi connectivity index (χ3n) is 2.68. The maximum Gasteiger partial charge on any atom is 0.141 e. The molecule has 1 aromatic heterocycles. The Balaban J connectivity index is 2.83. The summed E-state index contributed by atoms with van der Waals surface area (Å²) < 4.78 is 2.01. The van der Waals surface area contributed by atoms with E-state index < -0.39 is 5.54 Å². The van der Waals surface area contributed by atoms with Crippen molar-refractivity contribution >= 4 is 6.29 Å². The number of nitrogens with zero attached hydrogens (tertiary/aromatic N) is 2. The molecule has 0 radical (unpaired) electrons. The molecule has 1 atom stereocenters. The number of hydrogen-bond acceptors (Lipinski definition) is 3. The molecular formula is C11H19N3O. The van der Waals surface area contributed by atoms with Crippen LogP contribution in [0.15, 0.2) is 6.33 Å². The number of aryl methyl sites for hydroxylation is 1. The zero-order valence-electron chi connectivity index (χ0n) is 9.87. The largest absolute Gasteiger partial charge is 0.332 e. The lowest BCUT2D eigenvalue weighted by atomic mass is 10.0. The van der Waals surface area contributed by atoms with Gasteiger partial charge in [-0.3, -0.25) is 0 Å². The van der Waals surface area contributed by atoms with Gasteiger partial charge in [0.2, 0.25) is 0 Å². The minimum absolute atomic E-state index is 0.507. The van der Waals surface area contributed by atoms with Gasteiger partial charge in [-0.2, -0.15) is 0 Å². The molecule has 1 unspecified atom stereocenters. The number of carbonyl (C=O) groups is 1. The molecule has 0 amide bonds. The third-order valence-corrected chi connectivity index (χ3v) is 2.68. The molecule has 0 aliphatic rings. The Kier molecular flexibility index (Phi) is 3.63. The van der Waals surface area contributed by atoms with Crippen molar-refractivity contribution in [3.8, 4) is 0 Å². The van der Waals surface area contributed by atoms with Crippen molar-refractivity contribution in [3.05, 3.63) is 17.7 Å². The van der Waals surface area contributed by atoms with Gasteiger partial charge in [0.15, 0.2) is 0 Å². The fraction of sp³-hybridized carbons (Fsp3) is 0.636. The van der Waals surface area contributed by atoms with Gasteiger partial charge >= 0.3 is 0 Å². The van der Waals surface area contributed by atoms with Crippen LogP contribution in [0.25, 0.3) is 0 Å². The molecule has 0 aliphatic heterocycles. The number of nitrogens with one attached hydrogen (secondary N) is 1. The van der Waals surface area contributed by atoms with Crippen LogP contribution in [0.5, 0.6) is 0 Å². The molecule has 1 aromatic rings. The van der Waals surface area contributed by atoms with E-state index in [4.69, 9.17) is 0 Å². The van der Waals surface area contributed by atoms with E-state index in [9.17, 15) is 4.79 Å². The predicted molar refractivity (Wildman–Crippen MR) is 59.8 cm³/mol. The second kappa shape index (κ2) is 4.57. The SMILES string of the molecule is CCNC(C)(C=O)Cn1cnc(C)c1C. The Bertz CT molecular complexity index is 346. The van der Waals surface area contributed by atoms with Crippen LogP contribution in [0, 0.1) is 13.8 Å². The summed E-state index contributed by atoms with van der Waals surface area (Å²) in [5.41, 5.74) is 1.62. The van der Waals surface area contributed by atoms with Crippen LogP contribution in [0.2, 0.25) is 0 Å². The van der Waals surface area contributed by atoms with E-state index >= 15 is 0 Å². The first-order chi connectivity index (χ1) is 7.02. The van der Waals surface area contributed by atoms with Crippen molar-refractivity contribution in [2.45, 2.75) is 39.8 Å². The molecule has 4 heteroatoms. The van der Waals surface area contributed by atoms with Crippen molar-refractivity contribution < 1.29 is 4.79 Å².